The first-order valence-corrected chi connectivity index (χ1v) is 9.80. The fourth-order valence-corrected chi connectivity index (χ4v) is 4.85. The smallest absolute Gasteiger partial charge is 0.264 e. The first-order chi connectivity index (χ1) is 9.58. The lowest BCUT2D eigenvalue weighted by Crippen LogP contribution is -2.38. The van der Waals surface area contributed by atoms with Crippen LogP contribution in [0.4, 0.5) is 4.39 Å². The maximum absolute atomic E-state index is 13.3. The van der Waals surface area contributed by atoms with E-state index >= 15 is 0 Å². The quantitative estimate of drug-likeness (QED) is 0.764. The van der Waals surface area contributed by atoms with Crippen molar-refractivity contribution in [2.75, 3.05) is 12.9 Å². The number of hydrogen-bond donors (Lipinski definition) is 0. The third-order valence-electron chi connectivity index (χ3n) is 3.49. The van der Waals surface area contributed by atoms with Crippen LogP contribution in [0.25, 0.3) is 0 Å². The Hall–Kier alpha value is -0.990. The Labute approximate surface area is 124 Å². The zero-order chi connectivity index (χ0) is 15.8. The fourth-order valence-electron chi connectivity index (χ4n) is 2.34. The van der Waals surface area contributed by atoms with Crippen LogP contribution in [-0.2, 0) is 24.1 Å². The standard InChI is InChI=1S/C13H17FO5S2/c1-9-3-11(14)7-12(4-9)21(17,18)13-5-10(6-13)8-19-20(2,15)16/h3-4,7,10,13H,5-6,8H2,1-2H3. The summed E-state index contributed by atoms with van der Waals surface area (Å²) in [5.41, 5.74) is 0.546. The van der Waals surface area contributed by atoms with E-state index in [0.29, 0.717) is 18.4 Å². The van der Waals surface area contributed by atoms with Gasteiger partial charge in [-0.3, -0.25) is 4.18 Å². The molecular formula is C13H17FO5S2. The number of hydrogen-bond acceptors (Lipinski definition) is 5. The third kappa shape index (κ3) is 4.02. The Bertz CT molecular complexity index is 714. The summed E-state index contributed by atoms with van der Waals surface area (Å²) in [6.45, 7) is 1.62. The van der Waals surface area contributed by atoms with Crippen LogP contribution in [0.15, 0.2) is 23.1 Å². The van der Waals surface area contributed by atoms with Gasteiger partial charge in [0.25, 0.3) is 10.1 Å². The van der Waals surface area contributed by atoms with Crippen LogP contribution >= 0.6 is 0 Å². The average Bonchev–Trinajstić information content (AvgIpc) is 2.23. The molecule has 0 radical (unpaired) electrons. The minimum atomic E-state index is -3.58. The largest absolute Gasteiger partial charge is 0.270 e. The van der Waals surface area contributed by atoms with E-state index < -0.39 is 31.0 Å². The predicted octanol–water partition coefficient (Wildman–Crippen LogP) is 1.66. The SMILES string of the molecule is Cc1cc(F)cc(S(=O)(=O)C2CC(COS(C)(=O)=O)C2)c1. The summed E-state index contributed by atoms with van der Waals surface area (Å²) in [6, 6.07) is 3.73. The highest BCUT2D eigenvalue weighted by atomic mass is 32.2. The lowest BCUT2D eigenvalue weighted by molar-refractivity contribution is 0.189. The molecule has 118 valence electrons. The van der Waals surface area contributed by atoms with Crippen molar-refractivity contribution in [2.45, 2.75) is 29.9 Å². The number of benzene rings is 1. The molecule has 8 heteroatoms. The van der Waals surface area contributed by atoms with E-state index in [1.807, 2.05) is 0 Å². The Balaban J connectivity index is 2.03. The van der Waals surface area contributed by atoms with Crippen LogP contribution in [0.5, 0.6) is 0 Å². The van der Waals surface area contributed by atoms with Crippen molar-refractivity contribution in [1.82, 2.24) is 0 Å². The second kappa shape index (κ2) is 5.66. The van der Waals surface area contributed by atoms with Crippen LogP contribution in [0.2, 0.25) is 0 Å². The molecule has 0 spiro atoms. The molecular weight excluding hydrogens is 319 g/mol. The van der Waals surface area contributed by atoms with Crippen molar-refractivity contribution in [3.8, 4) is 0 Å². The zero-order valence-corrected chi connectivity index (χ0v) is 13.4. The summed E-state index contributed by atoms with van der Waals surface area (Å²) >= 11 is 0. The molecule has 2 rings (SSSR count). The first-order valence-electron chi connectivity index (χ1n) is 6.43. The van der Waals surface area contributed by atoms with Crippen molar-refractivity contribution < 1.29 is 25.4 Å². The van der Waals surface area contributed by atoms with E-state index in [9.17, 15) is 21.2 Å². The number of aryl methyl sites for hydroxylation is 1. The Kier molecular flexibility index (Phi) is 4.41. The molecule has 0 N–H and O–H groups in total. The van der Waals surface area contributed by atoms with Gasteiger partial charge in [0.15, 0.2) is 9.84 Å². The topological polar surface area (TPSA) is 77.5 Å². The highest BCUT2D eigenvalue weighted by Crippen LogP contribution is 2.37. The predicted molar refractivity (Wildman–Crippen MR) is 75.6 cm³/mol. The molecule has 0 bridgehead atoms. The van der Waals surface area contributed by atoms with E-state index in [1.165, 1.54) is 12.1 Å². The summed E-state index contributed by atoms with van der Waals surface area (Å²) in [6.07, 6.45) is 1.61. The number of halogens is 1. The molecule has 1 aliphatic carbocycles. The van der Waals surface area contributed by atoms with Crippen LogP contribution in [0.1, 0.15) is 18.4 Å². The van der Waals surface area contributed by atoms with Crippen LogP contribution < -0.4 is 0 Å². The summed E-state index contributed by atoms with van der Waals surface area (Å²) < 4.78 is 64.4. The van der Waals surface area contributed by atoms with Crippen molar-refractivity contribution in [1.29, 1.82) is 0 Å². The summed E-state index contributed by atoms with van der Waals surface area (Å²) in [5, 5.41) is -0.605. The molecule has 21 heavy (non-hydrogen) atoms. The van der Waals surface area contributed by atoms with Gasteiger partial charge in [0, 0.05) is 0 Å². The van der Waals surface area contributed by atoms with Gasteiger partial charge in [-0.05, 0) is 49.4 Å². The molecule has 1 aliphatic rings. The molecule has 0 aromatic heterocycles. The summed E-state index contributed by atoms with van der Waals surface area (Å²) in [7, 11) is -7.09. The lowest BCUT2D eigenvalue weighted by Gasteiger charge is -2.34. The second-order valence-corrected chi connectivity index (χ2v) is 9.33. The van der Waals surface area contributed by atoms with Crippen LogP contribution in [0.3, 0.4) is 0 Å². The Morgan fingerprint density at radius 1 is 1.19 bits per heavy atom. The zero-order valence-electron chi connectivity index (χ0n) is 11.7. The van der Waals surface area contributed by atoms with E-state index in [4.69, 9.17) is 0 Å². The van der Waals surface area contributed by atoms with Gasteiger partial charge < -0.3 is 0 Å². The number of sulfone groups is 1. The fraction of sp³-hybridized carbons (Fsp3) is 0.538. The minimum absolute atomic E-state index is 0.00691. The molecule has 1 aromatic rings. The Morgan fingerprint density at radius 3 is 2.33 bits per heavy atom. The van der Waals surface area contributed by atoms with Gasteiger partial charge in [0.05, 0.1) is 23.0 Å². The monoisotopic (exact) mass is 336 g/mol. The maximum atomic E-state index is 13.3. The molecule has 0 heterocycles. The normalized spacial score (nSPS) is 22.8. The van der Waals surface area contributed by atoms with Gasteiger partial charge in [-0.2, -0.15) is 8.42 Å². The first kappa shape index (κ1) is 16.4. The molecule has 0 saturated heterocycles. The molecule has 5 nitrogen and oxygen atoms in total. The summed E-state index contributed by atoms with van der Waals surface area (Å²) in [4.78, 5) is -0.0209. The third-order valence-corrected chi connectivity index (χ3v) is 6.21. The molecule has 1 saturated carbocycles. The van der Waals surface area contributed by atoms with Gasteiger partial charge in [-0.25, -0.2) is 12.8 Å². The number of rotatable bonds is 5. The van der Waals surface area contributed by atoms with Crippen molar-refractivity contribution in [3.63, 3.8) is 0 Å². The van der Waals surface area contributed by atoms with E-state index in [2.05, 4.69) is 4.18 Å². The molecule has 0 atom stereocenters. The van der Waals surface area contributed by atoms with Crippen LogP contribution in [0, 0.1) is 18.7 Å². The molecule has 0 aliphatic heterocycles. The van der Waals surface area contributed by atoms with Crippen molar-refractivity contribution >= 4 is 20.0 Å². The molecule has 1 aromatic carbocycles. The highest BCUT2D eigenvalue weighted by Gasteiger charge is 2.40. The van der Waals surface area contributed by atoms with Gasteiger partial charge >= 0.3 is 0 Å². The van der Waals surface area contributed by atoms with Gasteiger partial charge in [-0.15, -0.1) is 0 Å². The molecule has 1 fully saturated rings. The highest BCUT2D eigenvalue weighted by molar-refractivity contribution is 7.92. The molecule has 0 amide bonds. The maximum Gasteiger partial charge on any atom is 0.264 e. The van der Waals surface area contributed by atoms with E-state index in [1.54, 1.807) is 6.92 Å². The van der Waals surface area contributed by atoms with E-state index in [-0.39, 0.29) is 17.4 Å². The van der Waals surface area contributed by atoms with Crippen LogP contribution in [-0.4, -0.2) is 34.9 Å². The van der Waals surface area contributed by atoms with Crippen molar-refractivity contribution in [2.24, 2.45) is 5.92 Å². The average molecular weight is 336 g/mol. The van der Waals surface area contributed by atoms with Gasteiger partial charge in [0.2, 0.25) is 0 Å². The lowest BCUT2D eigenvalue weighted by atomic mass is 9.86. The van der Waals surface area contributed by atoms with Gasteiger partial charge in [-0.1, -0.05) is 0 Å². The molecule has 0 unspecified atom stereocenters. The second-order valence-electron chi connectivity index (χ2n) is 5.46. The van der Waals surface area contributed by atoms with E-state index in [0.717, 1.165) is 12.3 Å². The Morgan fingerprint density at radius 2 is 1.81 bits per heavy atom. The minimum Gasteiger partial charge on any atom is -0.270 e. The summed E-state index contributed by atoms with van der Waals surface area (Å²) in [5.74, 6) is -0.681. The van der Waals surface area contributed by atoms with Crippen molar-refractivity contribution in [3.05, 3.63) is 29.6 Å². The van der Waals surface area contributed by atoms with Gasteiger partial charge in [0.1, 0.15) is 5.82 Å².